The zero-order valence-electron chi connectivity index (χ0n) is 12.7. The smallest absolute Gasteiger partial charge is 0.144 e. The molecule has 1 aliphatic carbocycles. The summed E-state index contributed by atoms with van der Waals surface area (Å²) in [5.41, 5.74) is 0.878. The third kappa shape index (κ3) is 3.78. The SMILES string of the molecule is CCCC1CCC(CNCC)C(c2ccncc2F)C1. The van der Waals surface area contributed by atoms with Gasteiger partial charge in [0.2, 0.25) is 0 Å². The Labute approximate surface area is 122 Å². The van der Waals surface area contributed by atoms with Crippen molar-refractivity contribution in [2.45, 2.75) is 51.9 Å². The maximum absolute atomic E-state index is 14.1. The molecule has 0 radical (unpaired) electrons. The van der Waals surface area contributed by atoms with Crippen LogP contribution in [0.4, 0.5) is 4.39 Å². The second-order valence-electron chi connectivity index (χ2n) is 6.04. The highest BCUT2D eigenvalue weighted by Gasteiger charge is 2.32. The molecule has 1 fully saturated rings. The fraction of sp³-hybridized carbons (Fsp3) is 0.706. The minimum atomic E-state index is -0.129. The number of hydrogen-bond donors (Lipinski definition) is 1. The summed E-state index contributed by atoms with van der Waals surface area (Å²) in [4.78, 5) is 3.89. The van der Waals surface area contributed by atoms with Gasteiger partial charge in [-0.1, -0.05) is 33.1 Å². The monoisotopic (exact) mass is 278 g/mol. The van der Waals surface area contributed by atoms with Crippen LogP contribution in [-0.4, -0.2) is 18.1 Å². The number of halogens is 1. The number of hydrogen-bond acceptors (Lipinski definition) is 2. The van der Waals surface area contributed by atoms with Gasteiger partial charge < -0.3 is 5.32 Å². The van der Waals surface area contributed by atoms with E-state index < -0.39 is 0 Å². The zero-order chi connectivity index (χ0) is 14.4. The first-order valence-corrected chi connectivity index (χ1v) is 8.06. The van der Waals surface area contributed by atoms with Crippen molar-refractivity contribution in [2.75, 3.05) is 13.1 Å². The standard InChI is InChI=1S/C17H27FN2/c1-3-5-13-6-7-14(11-19-4-2)16(10-13)15-8-9-20-12-17(15)18/h8-9,12-14,16,19H,3-7,10-11H2,1-2H3. The van der Waals surface area contributed by atoms with Crippen molar-refractivity contribution in [1.82, 2.24) is 10.3 Å². The zero-order valence-corrected chi connectivity index (χ0v) is 12.7. The first-order chi connectivity index (χ1) is 9.76. The highest BCUT2D eigenvalue weighted by molar-refractivity contribution is 5.20. The van der Waals surface area contributed by atoms with Crippen molar-refractivity contribution >= 4 is 0 Å². The molecule has 1 aromatic heterocycles. The molecule has 3 atom stereocenters. The van der Waals surface area contributed by atoms with Crippen LogP contribution >= 0.6 is 0 Å². The summed E-state index contributed by atoms with van der Waals surface area (Å²) in [7, 11) is 0. The van der Waals surface area contributed by atoms with E-state index in [1.165, 1.54) is 31.9 Å². The molecule has 0 amide bonds. The van der Waals surface area contributed by atoms with Gasteiger partial charge in [-0.05, 0) is 55.3 Å². The first-order valence-electron chi connectivity index (χ1n) is 8.06. The van der Waals surface area contributed by atoms with Gasteiger partial charge in [-0.25, -0.2) is 4.39 Å². The molecule has 1 heterocycles. The van der Waals surface area contributed by atoms with E-state index >= 15 is 0 Å². The highest BCUT2D eigenvalue weighted by atomic mass is 19.1. The van der Waals surface area contributed by atoms with Gasteiger partial charge in [0.1, 0.15) is 5.82 Å². The maximum Gasteiger partial charge on any atom is 0.144 e. The van der Waals surface area contributed by atoms with Crippen molar-refractivity contribution in [1.29, 1.82) is 0 Å². The summed E-state index contributed by atoms with van der Waals surface area (Å²) in [5.74, 6) is 1.54. The minimum absolute atomic E-state index is 0.129. The molecule has 1 aliphatic rings. The summed E-state index contributed by atoms with van der Waals surface area (Å²) in [6.07, 6.45) is 9.24. The summed E-state index contributed by atoms with van der Waals surface area (Å²) >= 11 is 0. The van der Waals surface area contributed by atoms with E-state index in [-0.39, 0.29) is 5.82 Å². The Balaban J connectivity index is 2.14. The van der Waals surface area contributed by atoms with Crippen LogP contribution in [-0.2, 0) is 0 Å². The Bertz CT molecular complexity index is 408. The van der Waals surface area contributed by atoms with Crippen molar-refractivity contribution in [3.05, 3.63) is 29.8 Å². The highest BCUT2D eigenvalue weighted by Crippen LogP contribution is 2.42. The van der Waals surface area contributed by atoms with Crippen LogP contribution in [0.15, 0.2) is 18.5 Å². The van der Waals surface area contributed by atoms with Crippen LogP contribution in [0.5, 0.6) is 0 Å². The van der Waals surface area contributed by atoms with Crippen LogP contribution in [0.2, 0.25) is 0 Å². The molecule has 112 valence electrons. The lowest BCUT2D eigenvalue weighted by atomic mass is 9.70. The minimum Gasteiger partial charge on any atom is -0.317 e. The number of nitrogens with one attached hydrogen (secondary N) is 1. The molecule has 20 heavy (non-hydrogen) atoms. The molecule has 0 aromatic carbocycles. The van der Waals surface area contributed by atoms with Gasteiger partial charge in [0.25, 0.3) is 0 Å². The van der Waals surface area contributed by atoms with E-state index in [1.54, 1.807) is 6.20 Å². The van der Waals surface area contributed by atoms with Gasteiger partial charge in [-0.3, -0.25) is 4.98 Å². The van der Waals surface area contributed by atoms with E-state index in [0.29, 0.717) is 11.8 Å². The van der Waals surface area contributed by atoms with Crippen LogP contribution in [0, 0.1) is 17.7 Å². The molecular formula is C17H27FN2. The molecular weight excluding hydrogens is 251 g/mol. The van der Waals surface area contributed by atoms with Gasteiger partial charge in [0, 0.05) is 6.20 Å². The fourth-order valence-electron chi connectivity index (χ4n) is 3.63. The molecule has 1 saturated carbocycles. The third-order valence-corrected chi connectivity index (χ3v) is 4.66. The molecule has 0 bridgehead atoms. The van der Waals surface area contributed by atoms with E-state index in [2.05, 4.69) is 24.1 Å². The topological polar surface area (TPSA) is 24.9 Å². The van der Waals surface area contributed by atoms with Gasteiger partial charge in [0.05, 0.1) is 6.20 Å². The lowest BCUT2D eigenvalue weighted by molar-refractivity contribution is 0.218. The van der Waals surface area contributed by atoms with E-state index in [4.69, 9.17) is 0 Å². The normalized spacial score (nSPS) is 26.6. The lowest BCUT2D eigenvalue weighted by Crippen LogP contribution is -2.32. The lowest BCUT2D eigenvalue weighted by Gasteiger charge is -2.37. The summed E-state index contributed by atoms with van der Waals surface area (Å²) in [5, 5.41) is 3.45. The maximum atomic E-state index is 14.1. The van der Waals surface area contributed by atoms with E-state index in [1.807, 2.05) is 6.07 Å². The average Bonchev–Trinajstić information content (AvgIpc) is 2.47. The third-order valence-electron chi connectivity index (χ3n) is 4.66. The van der Waals surface area contributed by atoms with Crippen molar-refractivity contribution in [2.24, 2.45) is 11.8 Å². The van der Waals surface area contributed by atoms with E-state index in [9.17, 15) is 4.39 Å². The van der Waals surface area contributed by atoms with Gasteiger partial charge in [0.15, 0.2) is 0 Å². The van der Waals surface area contributed by atoms with Crippen molar-refractivity contribution in [3.63, 3.8) is 0 Å². The molecule has 1 aromatic rings. The molecule has 0 spiro atoms. The second kappa shape index (κ2) is 7.72. The Morgan fingerprint density at radius 1 is 1.35 bits per heavy atom. The summed E-state index contributed by atoms with van der Waals surface area (Å²) in [6, 6.07) is 1.88. The number of pyridine rings is 1. The largest absolute Gasteiger partial charge is 0.317 e. The van der Waals surface area contributed by atoms with E-state index in [0.717, 1.165) is 31.0 Å². The number of aromatic nitrogens is 1. The fourth-order valence-corrected chi connectivity index (χ4v) is 3.63. The summed E-state index contributed by atoms with van der Waals surface area (Å²) < 4.78 is 14.1. The van der Waals surface area contributed by atoms with Crippen molar-refractivity contribution < 1.29 is 4.39 Å². The van der Waals surface area contributed by atoms with Gasteiger partial charge >= 0.3 is 0 Å². The first kappa shape index (κ1) is 15.4. The number of rotatable bonds is 6. The number of nitrogens with zero attached hydrogens (tertiary/aromatic N) is 1. The van der Waals surface area contributed by atoms with Gasteiger partial charge in [-0.2, -0.15) is 0 Å². The Morgan fingerprint density at radius 2 is 2.20 bits per heavy atom. The Hall–Kier alpha value is -0.960. The Morgan fingerprint density at radius 3 is 2.90 bits per heavy atom. The predicted molar refractivity (Wildman–Crippen MR) is 81.2 cm³/mol. The predicted octanol–water partition coefficient (Wildman–Crippen LogP) is 4.13. The molecule has 2 rings (SSSR count). The summed E-state index contributed by atoms with van der Waals surface area (Å²) in [6.45, 7) is 6.36. The average molecular weight is 278 g/mol. The molecule has 1 N–H and O–H groups in total. The van der Waals surface area contributed by atoms with Crippen LogP contribution in [0.3, 0.4) is 0 Å². The Kier molecular flexibility index (Phi) is 5.96. The quantitative estimate of drug-likeness (QED) is 0.846. The molecule has 0 aliphatic heterocycles. The molecule has 2 nitrogen and oxygen atoms in total. The van der Waals surface area contributed by atoms with Crippen molar-refractivity contribution in [3.8, 4) is 0 Å². The van der Waals surface area contributed by atoms with Gasteiger partial charge in [-0.15, -0.1) is 0 Å². The second-order valence-corrected chi connectivity index (χ2v) is 6.04. The van der Waals surface area contributed by atoms with Crippen LogP contribution in [0.1, 0.15) is 57.4 Å². The molecule has 0 saturated heterocycles. The van der Waals surface area contributed by atoms with Crippen LogP contribution < -0.4 is 5.32 Å². The molecule has 3 unspecified atom stereocenters. The van der Waals surface area contributed by atoms with Crippen LogP contribution in [0.25, 0.3) is 0 Å². The molecule has 3 heteroatoms.